The van der Waals surface area contributed by atoms with Crippen molar-refractivity contribution in [2.45, 2.75) is 276 Å². The fourth-order valence-corrected chi connectivity index (χ4v) is 7.99. The van der Waals surface area contributed by atoms with Crippen molar-refractivity contribution >= 4 is 5.91 Å². The summed E-state index contributed by atoms with van der Waals surface area (Å²) in [6.07, 6.45) is 78.8. The second kappa shape index (κ2) is 53.9. The molecule has 0 aromatic rings. The third kappa shape index (κ3) is 50.4. The number of nitrogens with one attached hydrogen (secondary N) is 1. The minimum atomic E-state index is -0.864. The summed E-state index contributed by atoms with van der Waals surface area (Å²) in [5.41, 5.74) is 0. The van der Waals surface area contributed by atoms with Crippen molar-refractivity contribution in [2.24, 2.45) is 0 Å². The summed E-state index contributed by atoms with van der Waals surface area (Å²) in [7, 11) is 0. The average Bonchev–Trinajstić information content (AvgIpc) is 3.29. The average molecular weight is 876 g/mol. The lowest BCUT2D eigenvalue weighted by Gasteiger charge is -2.19. The molecule has 3 N–H and O–H groups in total. The van der Waals surface area contributed by atoms with Crippen molar-refractivity contribution < 1.29 is 15.0 Å². The van der Waals surface area contributed by atoms with Crippen LogP contribution in [0.15, 0.2) is 85.1 Å². The highest BCUT2D eigenvalue weighted by atomic mass is 16.3. The third-order valence-corrected chi connectivity index (χ3v) is 12.1. The van der Waals surface area contributed by atoms with Crippen LogP contribution in [0.2, 0.25) is 0 Å². The Balaban J connectivity index is 3.50. The molecule has 0 fully saturated rings. The number of unbranched alkanes of at least 4 members (excludes halogenated alkanes) is 30. The van der Waals surface area contributed by atoms with Gasteiger partial charge >= 0.3 is 0 Å². The normalized spacial score (nSPS) is 13.5. The molecule has 2 unspecified atom stereocenters. The minimum Gasteiger partial charge on any atom is -0.394 e. The maximum atomic E-state index is 12.4. The number of aliphatic hydroxyl groups excluding tert-OH is 2. The standard InChI is InChI=1S/C59H105NO3/c1-3-5-7-9-11-13-15-17-19-21-22-23-24-25-26-27-28-29-30-31-32-33-34-35-36-37-38-39-41-43-45-47-49-51-53-55-59(63)60-57(56-61)58(62)54-52-50-48-46-44-42-40-20-18-16-14-12-10-8-6-4-2/h5,7,11,13,17,19,22-23,25-26,44,46,52,54,57-58,61-62H,3-4,6,8-10,12,14-16,18,20-21,24,27-43,45,47-51,53,55-56H2,1-2H3,(H,60,63)/b7-5-,13-11-,19-17-,23-22-,26-25-,46-44+,54-52+. The first kappa shape index (κ1) is 60.6. The van der Waals surface area contributed by atoms with Crippen molar-refractivity contribution in [1.82, 2.24) is 5.32 Å². The van der Waals surface area contributed by atoms with Crippen LogP contribution in [0, 0.1) is 0 Å². The summed E-state index contributed by atoms with van der Waals surface area (Å²) in [6, 6.07) is -0.641. The van der Waals surface area contributed by atoms with Crippen molar-refractivity contribution in [2.75, 3.05) is 6.61 Å². The number of hydrogen-bond donors (Lipinski definition) is 3. The van der Waals surface area contributed by atoms with Crippen molar-refractivity contribution in [3.8, 4) is 0 Å². The van der Waals surface area contributed by atoms with E-state index in [1.807, 2.05) is 6.08 Å². The second-order valence-corrected chi connectivity index (χ2v) is 18.3. The minimum absolute atomic E-state index is 0.0733. The number of aliphatic hydroxyl groups is 2. The number of hydrogen-bond acceptors (Lipinski definition) is 3. The molecule has 4 heteroatoms. The molecule has 0 aliphatic heterocycles. The van der Waals surface area contributed by atoms with Crippen molar-refractivity contribution in [1.29, 1.82) is 0 Å². The molecule has 0 heterocycles. The Morgan fingerprint density at radius 2 is 0.714 bits per heavy atom. The first-order valence-electron chi connectivity index (χ1n) is 27.3. The molecular weight excluding hydrogens is 771 g/mol. The maximum Gasteiger partial charge on any atom is 0.220 e. The lowest BCUT2D eigenvalue weighted by molar-refractivity contribution is -0.123. The van der Waals surface area contributed by atoms with Gasteiger partial charge < -0.3 is 15.5 Å². The molecular formula is C59H105NO3. The van der Waals surface area contributed by atoms with Crippen molar-refractivity contribution in [3.63, 3.8) is 0 Å². The van der Waals surface area contributed by atoms with E-state index in [0.717, 1.165) is 64.2 Å². The topological polar surface area (TPSA) is 69.6 Å². The van der Waals surface area contributed by atoms with Gasteiger partial charge in [0.05, 0.1) is 18.8 Å². The van der Waals surface area contributed by atoms with Gasteiger partial charge in [0, 0.05) is 6.42 Å². The summed E-state index contributed by atoms with van der Waals surface area (Å²) in [6.45, 7) is 4.19. The summed E-state index contributed by atoms with van der Waals surface area (Å²) < 4.78 is 0. The summed E-state index contributed by atoms with van der Waals surface area (Å²) in [5.74, 6) is -0.0733. The maximum absolute atomic E-state index is 12.4. The summed E-state index contributed by atoms with van der Waals surface area (Å²) >= 11 is 0. The molecule has 0 aliphatic carbocycles. The molecule has 0 aliphatic rings. The highest BCUT2D eigenvalue weighted by molar-refractivity contribution is 5.76. The number of rotatable bonds is 49. The van der Waals surface area contributed by atoms with Crippen LogP contribution in [-0.2, 0) is 4.79 Å². The van der Waals surface area contributed by atoms with E-state index in [2.05, 4.69) is 92.1 Å². The van der Waals surface area contributed by atoms with E-state index in [4.69, 9.17) is 0 Å². The molecule has 2 atom stereocenters. The quantitative estimate of drug-likeness (QED) is 0.0421. The van der Waals surface area contributed by atoms with Gasteiger partial charge in [0.25, 0.3) is 0 Å². The van der Waals surface area contributed by atoms with Crippen LogP contribution in [0.25, 0.3) is 0 Å². The van der Waals surface area contributed by atoms with Crippen LogP contribution in [0.3, 0.4) is 0 Å². The van der Waals surface area contributed by atoms with E-state index in [1.165, 1.54) is 180 Å². The Kier molecular flexibility index (Phi) is 51.8. The number of carbonyl (C=O) groups excluding carboxylic acids is 1. The van der Waals surface area contributed by atoms with E-state index in [0.29, 0.717) is 6.42 Å². The molecule has 0 saturated carbocycles. The van der Waals surface area contributed by atoms with E-state index >= 15 is 0 Å². The Morgan fingerprint density at radius 3 is 1.11 bits per heavy atom. The highest BCUT2D eigenvalue weighted by Crippen LogP contribution is 2.16. The Morgan fingerprint density at radius 1 is 0.397 bits per heavy atom. The van der Waals surface area contributed by atoms with Gasteiger partial charge in [0.1, 0.15) is 0 Å². The fraction of sp³-hybridized carbons (Fsp3) is 0.746. The molecule has 0 radical (unpaired) electrons. The predicted octanol–water partition coefficient (Wildman–Crippen LogP) is 18.0. The van der Waals surface area contributed by atoms with Crippen LogP contribution >= 0.6 is 0 Å². The second-order valence-electron chi connectivity index (χ2n) is 18.3. The Bertz CT molecular complexity index is 1130. The molecule has 0 spiro atoms. The van der Waals surface area contributed by atoms with Gasteiger partial charge in [0.2, 0.25) is 5.91 Å². The molecule has 364 valence electrons. The first-order valence-corrected chi connectivity index (χ1v) is 27.3. The Hall–Kier alpha value is -2.43. The van der Waals surface area contributed by atoms with E-state index in [1.54, 1.807) is 6.08 Å². The van der Waals surface area contributed by atoms with Gasteiger partial charge in [-0.2, -0.15) is 0 Å². The van der Waals surface area contributed by atoms with Crippen LogP contribution in [0.5, 0.6) is 0 Å². The first-order chi connectivity index (χ1) is 31.2. The van der Waals surface area contributed by atoms with E-state index < -0.39 is 12.1 Å². The largest absolute Gasteiger partial charge is 0.394 e. The van der Waals surface area contributed by atoms with Crippen LogP contribution < -0.4 is 5.32 Å². The zero-order chi connectivity index (χ0) is 45.6. The SMILES string of the molecule is CC/C=C\C/C=C\C/C=C\C/C=C\C/C=C\CCCCCCCCCCCCCCCCCCCCCC(=O)NC(CO)C(O)/C=C/CC/C=C/CCCCCCCCCCCC. The van der Waals surface area contributed by atoms with Gasteiger partial charge in [0.15, 0.2) is 0 Å². The van der Waals surface area contributed by atoms with Crippen LogP contribution in [0.4, 0.5) is 0 Å². The van der Waals surface area contributed by atoms with Gasteiger partial charge in [-0.3, -0.25) is 4.79 Å². The smallest absolute Gasteiger partial charge is 0.220 e. The van der Waals surface area contributed by atoms with Gasteiger partial charge in [-0.25, -0.2) is 0 Å². The van der Waals surface area contributed by atoms with Crippen LogP contribution in [-0.4, -0.2) is 34.9 Å². The van der Waals surface area contributed by atoms with E-state index in [-0.39, 0.29) is 12.5 Å². The summed E-state index contributed by atoms with van der Waals surface area (Å²) in [4.78, 5) is 12.4. The lowest BCUT2D eigenvalue weighted by atomic mass is 10.0. The van der Waals surface area contributed by atoms with Gasteiger partial charge in [-0.05, 0) is 77.0 Å². The third-order valence-electron chi connectivity index (χ3n) is 12.1. The molecule has 1 amide bonds. The fourth-order valence-electron chi connectivity index (χ4n) is 7.99. The number of carbonyl (C=O) groups is 1. The molecule has 0 aromatic carbocycles. The summed E-state index contributed by atoms with van der Waals surface area (Å²) in [5, 5.41) is 23.1. The van der Waals surface area contributed by atoms with Gasteiger partial charge in [-0.1, -0.05) is 266 Å². The highest BCUT2D eigenvalue weighted by Gasteiger charge is 2.17. The predicted molar refractivity (Wildman–Crippen MR) is 280 cm³/mol. The number of amides is 1. The van der Waals surface area contributed by atoms with E-state index in [9.17, 15) is 15.0 Å². The molecule has 63 heavy (non-hydrogen) atoms. The van der Waals surface area contributed by atoms with Crippen LogP contribution in [0.1, 0.15) is 264 Å². The Labute approximate surface area is 392 Å². The molecule has 0 rings (SSSR count). The lowest BCUT2D eigenvalue weighted by Crippen LogP contribution is -2.45. The van der Waals surface area contributed by atoms with Gasteiger partial charge in [-0.15, -0.1) is 0 Å². The molecule has 0 saturated heterocycles. The zero-order valence-corrected chi connectivity index (χ0v) is 41.8. The molecule has 0 bridgehead atoms. The van der Waals surface area contributed by atoms with Crippen molar-refractivity contribution in [3.05, 3.63) is 85.1 Å². The molecule has 4 nitrogen and oxygen atoms in total. The zero-order valence-electron chi connectivity index (χ0n) is 41.8. The molecule has 0 aromatic heterocycles. The monoisotopic (exact) mass is 876 g/mol. The number of allylic oxidation sites excluding steroid dienone is 13.